The van der Waals surface area contributed by atoms with Crippen LogP contribution in [0.3, 0.4) is 0 Å². The summed E-state index contributed by atoms with van der Waals surface area (Å²) in [7, 11) is 0. The molecule has 2 atom stereocenters. The maximum atomic E-state index is 6.35. The van der Waals surface area contributed by atoms with Gasteiger partial charge in [-0.1, -0.05) is 72.6 Å². The fourth-order valence-electron chi connectivity index (χ4n) is 2.69. The van der Waals surface area contributed by atoms with E-state index < -0.39 is 5.60 Å². The van der Waals surface area contributed by atoms with E-state index in [1.54, 1.807) is 0 Å². The molecule has 0 saturated heterocycles. The number of halogens is 2. The van der Waals surface area contributed by atoms with Crippen LogP contribution in [0, 0.1) is 0 Å². The molecule has 2 aromatic rings. The predicted molar refractivity (Wildman–Crippen MR) is 88.0 cm³/mol. The largest absolute Gasteiger partial charge is 0.354 e. The first-order chi connectivity index (χ1) is 10.2. The van der Waals surface area contributed by atoms with Crippen molar-refractivity contribution < 1.29 is 4.74 Å². The zero-order valence-corrected chi connectivity index (χ0v) is 13.2. The third kappa shape index (κ3) is 2.62. The molecule has 0 fully saturated rings. The summed E-state index contributed by atoms with van der Waals surface area (Å²) in [6.07, 6.45) is 5.29. The van der Waals surface area contributed by atoms with Crippen molar-refractivity contribution in [3.8, 4) is 0 Å². The van der Waals surface area contributed by atoms with Crippen LogP contribution in [0.2, 0.25) is 10.0 Å². The molecule has 0 aliphatic carbocycles. The minimum absolute atomic E-state index is 0.111. The van der Waals surface area contributed by atoms with Crippen LogP contribution in [-0.2, 0) is 10.3 Å². The molecule has 2 aromatic carbocycles. The van der Waals surface area contributed by atoms with Crippen LogP contribution in [-0.4, -0.2) is 6.10 Å². The van der Waals surface area contributed by atoms with Gasteiger partial charge < -0.3 is 4.74 Å². The lowest BCUT2D eigenvalue weighted by Crippen LogP contribution is -2.28. The van der Waals surface area contributed by atoms with Crippen LogP contribution >= 0.6 is 23.2 Å². The van der Waals surface area contributed by atoms with Gasteiger partial charge >= 0.3 is 0 Å². The number of hydrogen-bond donors (Lipinski definition) is 0. The summed E-state index contributed by atoms with van der Waals surface area (Å²) in [5.74, 6) is 0. The summed E-state index contributed by atoms with van der Waals surface area (Å²) >= 11 is 12.2. The first-order valence-electron chi connectivity index (χ1n) is 7.04. The molecule has 0 spiro atoms. The molecule has 21 heavy (non-hydrogen) atoms. The van der Waals surface area contributed by atoms with Gasteiger partial charge in [0.1, 0.15) is 5.60 Å². The van der Waals surface area contributed by atoms with Crippen molar-refractivity contribution in [3.63, 3.8) is 0 Å². The summed E-state index contributed by atoms with van der Waals surface area (Å²) in [5, 5.41) is 1.10. The second-order valence-electron chi connectivity index (χ2n) is 5.15. The Kier molecular flexibility index (Phi) is 4.08. The molecule has 3 rings (SSSR count). The molecule has 0 amide bonds. The van der Waals surface area contributed by atoms with E-state index in [1.165, 1.54) is 0 Å². The van der Waals surface area contributed by atoms with Crippen LogP contribution in [0.1, 0.15) is 24.5 Å². The Hall–Kier alpha value is -1.28. The molecule has 0 saturated carbocycles. The van der Waals surface area contributed by atoms with Crippen molar-refractivity contribution in [1.82, 2.24) is 0 Å². The summed E-state index contributed by atoms with van der Waals surface area (Å²) in [6, 6.07) is 15.9. The Balaban J connectivity index is 2.14. The van der Waals surface area contributed by atoms with Gasteiger partial charge in [0.2, 0.25) is 0 Å². The highest BCUT2D eigenvalue weighted by atomic mass is 35.5. The van der Waals surface area contributed by atoms with Gasteiger partial charge in [-0.2, -0.15) is 0 Å². The molecule has 0 N–H and O–H groups in total. The Morgan fingerprint density at radius 2 is 1.76 bits per heavy atom. The lowest BCUT2D eigenvalue weighted by atomic mass is 9.86. The lowest BCUT2D eigenvalue weighted by Gasteiger charge is -2.30. The molecular weight excluding hydrogens is 303 g/mol. The van der Waals surface area contributed by atoms with Gasteiger partial charge in [-0.05, 0) is 35.8 Å². The van der Waals surface area contributed by atoms with E-state index in [2.05, 4.69) is 31.2 Å². The molecule has 1 heterocycles. The lowest BCUT2D eigenvalue weighted by molar-refractivity contribution is -0.000494. The van der Waals surface area contributed by atoms with Crippen molar-refractivity contribution in [3.05, 3.63) is 81.9 Å². The first-order valence-corrected chi connectivity index (χ1v) is 7.79. The second-order valence-corrected chi connectivity index (χ2v) is 5.97. The molecular formula is C18H16Cl2O. The molecule has 3 heteroatoms. The van der Waals surface area contributed by atoms with Gasteiger partial charge in [0, 0.05) is 0 Å². The van der Waals surface area contributed by atoms with Crippen molar-refractivity contribution in [1.29, 1.82) is 0 Å². The predicted octanol–water partition coefficient (Wildman–Crippen LogP) is 5.60. The average Bonchev–Trinajstić information content (AvgIpc) is 2.96. The molecule has 2 unspecified atom stereocenters. The summed E-state index contributed by atoms with van der Waals surface area (Å²) < 4.78 is 6.35. The van der Waals surface area contributed by atoms with Gasteiger partial charge in [-0.25, -0.2) is 0 Å². The fraction of sp³-hybridized carbons (Fsp3) is 0.222. The minimum atomic E-state index is -0.587. The van der Waals surface area contributed by atoms with Crippen molar-refractivity contribution in [2.75, 3.05) is 0 Å². The van der Waals surface area contributed by atoms with Crippen LogP contribution in [0.25, 0.3) is 0 Å². The summed E-state index contributed by atoms with van der Waals surface area (Å²) in [4.78, 5) is 0. The van der Waals surface area contributed by atoms with Gasteiger partial charge in [0.15, 0.2) is 0 Å². The van der Waals surface area contributed by atoms with Crippen LogP contribution < -0.4 is 0 Å². The number of hydrogen-bond acceptors (Lipinski definition) is 1. The number of benzene rings is 2. The van der Waals surface area contributed by atoms with E-state index in [1.807, 2.05) is 36.4 Å². The Bertz CT molecular complexity index is 666. The summed E-state index contributed by atoms with van der Waals surface area (Å²) in [5.41, 5.74) is 1.50. The highest BCUT2D eigenvalue weighted by molar-refractivity contribution is 6.42. The number of rotatable bonds is 3. The topological polar surface area (TPSA) is 9.23 Å². The Morgan fingerprint density at radius 3 is 2.38 bits per heavy atom. The highest BCUT2D eigenvalue weighted by Crippen LogP contribution is 2.42. The monoisotopic (exact) mass is 318 g/mol. The third-order valence-corrected chi connectivity index (χ3v) is 4.58. The molecule has 1 nitrogen and oxygen atoms in total. The van der Waals surface area contributed by atoms with Crippen LogP contribution in [0.4, 0.5) is 0 Å². The van der Waals surface area contributed by atoms with Crippen LogP contribution in [0.5, 0.6) is 0 Å². The fourth-order valence-corrected chi connectivity index (χ4v) is 2.99. The third-order valence-electron chi connectivity index (χ3n) is 3.84. The first kappa shape index (κ1) is 14.6. The maximum absolute atomic E-state index is 6.35. The molecule has 0 bridgehead atoms. The Morgan fingerprint density at radius 1 is 1.00 bits per heavy atom. The quantitative estimate of drug-likeness (QED) is 0.669. The number of ether oxygens (including phenoxy) is 1. The zero-order valence-electron chi connectivity index (χ0n) is 11.7. The van der Waals surface area contributed by atoms with E-state index in [0.29, 0.717) is 10.0 Å². The van der Waals surface area contributed by atoms with E-state index >= 15 is 0 Å². The van der Waals surface area contributed by atoms with Gasteiger partial charge in [0.25, 0.3) is 0 Å². The van der Waals surface area contributed by atoms with Gasteiger partial charge in [-0.3, -0.25) is 0 Å². The van der Waals surface area contributed by atoms with E-state index in [9.17, 15) is 0 Å². The molecule has 108 valence electrons. The Labute approximate surface area is 135 Å². The molecule has 0 radical (unpaired) electrons. The van der Waals surface area contributed by atoms with E-state index in [0.717, 1.165) is 17.5 Å². The van der Waals surface area contributed by atoms with E-state index in [4.69, 9.17) is 27.9 Å². The van der Waals surface area contributed by atoms with E-state index in [-0.39, 0.29) is 6.10 Å². The normalized spacial score (nSPS) is 24.4. The molecule has 0 aromatic heterocycles. The smallest absolute Gasteiger partial charge is 0.137 e. The zero-order chi connectivity index (χ0) is 14.9. The highest BCUT2D eigenvalue weighted by Gasteiger charge is 2.38. The van der Waals surface area contributed by atoms with Crippen molar-refractivity contribution in [2.24, 2.45) is 0 Å². The van der Waals surface area contributed by atoms with Crippen molar-refractivity contribution >= 4 is 23.2 Å². The van der Waals surface area contributed by atoms with Gasteiger partial charge in [-0.15, -0.1) is 0 Å². The van der Waals surface area contributed by atoms with Crippen LogP contribution in [0.15, 0.2) is 60.7 Å². The summed E-state index contributed by atoms with van der Waals surface area (Å²) in [6.45, 7) is 2.12. The maximum Gasteiger partial charge on any atom is 0.137 e. The SMILES string of the molecule is CCC1C=CC(c2ccccc2)(c2ccc(Cl)c(Cl)c2)O1. The van der Waals surface area contributed by atoms with Crippen molar-refractivity contribution in [2.45, 2.75) is 25.0 Å². The second kappa shape index (κ2) is 5.84. The van der Waals surface area contributed by atoms with Gasteiger partial charge in [0.05, 0.1) is 16.1 Å². The minimum Gasteiger partial charge on any atom is -0.354 e. The molecule has 1 aliphatic rings. The standard InChI is InChI=1S/C18H16Cl2O/c1-2-15-10-11-18(21-15,13-6-4-3-5-7-13)14-8-9-16(19)17(20)12-14/h3-12,15H,2H2,1H3. The molecule has 1 aliphatic heterocycles. The average molecular weight is 319 g/mol.